The lowest BCUT2D eigenvalue weighted by atomic mass is 10.0. The molecule has 132 valence electrons. The number of nitrogen functional groups attached to an aromatic ring is 1. The molecule has 0 spiro atoms. The van der Waals surface area contributed by atoms with Crippen molar-refractivity contribution in [1.82, 2.24) is 20.2 Å². The van der Waals surface area contributed by atoms with Gasteiger partial charge < -0.3 is 20.9 Å². The highest BCUT2D eigenvalue weighted by Gasteiger charge is 2.27. The van der Waals surface area contributed by atoms with E-state index in [1.807, 2.05) is 13.1 Å². The van der Waals surface area contributed by atoms with Crippen LogP contribution in [0.5, 0.6) is 0 Å². The topological polar surface area (TPSA) is 82.3 Å². The van der Waals surface area contributed by atoms with Gasteiger partial charge in [0.1, 0.15) is 0 Å². The number of nitrogens with zero attached hydrogens (tertiary/aromatic N) is 4. The van der Waals surface area contributed by atoms with Gasteiger partial charge in [-0.3, -0.25) is 5.32 Å². The number of hydrogen-bond donors (Lipinski definition) is 3. The molecule has 7 heteroatoms. The lowest BCUT2D eigenvalue weighted by molar-refractivity contribution is 0.256. The van der Waals surface area contributed by atoms with Crippen LogP contribution in [0.15, 0.2) is 31.1 Å². The van der Waals surface area contributed by atoms with Gasteiger partial charge >= 0.3 is 0 Å². The van der Waals surface area contributed by atoms with Crippen LogP contribution in [0.3, 0.4) is 0 Å². The van der Waals surface area contributed by atoms with E-state index < -0.39 is 0 Å². The van der Waals surface area contributed by atoms with Gasteiger partial charge in [-0.2, -0.15) is 4.98 Å². The zero-order chi connectivity index (χ0) is 17.5. The van der Waals surface area contributed by atoms with Crippen molar-refractivity contribution in [2.24, 2.45) is 0 Å². The smallest absolute Gasteiger partial charge is 0.222 e. The Kier molecular flexibility index (Phi) is 6.43. The van der Waals surface area contributed by atoms with Gasteiger partial charge in [-0.15, -0.1) is 6.58 Å². The van der Waals surface area contributed by atoms with Crippen LogP contribution in [0.2, 0.25) is 0 Å². The van der Waals surface area contributed by atoms with Gasteiger partial charge in [0.15, 0.2) is 5.82 Å². The fourth-order valence-electron chi connectivity index (χ4n) is 3.00. The van der Waals surface area contributed by atoms with Gasteiger partial charge in [0.2, 0.25) is 5.95 Å². The van der Waals surface area contributed by atoms with Crippen molar-refractivity contribution >= 4 is 17.5 Å². The Morgan fingerprint density at radius 3 is 2.79 bits per heavy atom. The SMILES string of the molecule is C=CCNCN(c1nc(N)ncc1NC)C1CCN(C(=C)C)CC1. The molecule has 0 amide bonds. The summed E-state index contributed by atoms with van der Waals surface area (Å²) in [7, 11) is 1.87. The van der Waals surface area contributed by atoms with Crippen molar-refractivity contribution in [3.05, 3.63) is 31.1 Å². The molecule has 0 atom stereocenters. The average molecular weight is 331 g/mol. The first kappa shape index (κ1) is 18.1. The van der Waals surface area contributed by atoms with Crippen LogP contribution in [0.25, 0.3) is 0 Å². The van der Waals surface area contributed by atoms with Gasteiger partial charge in [-0.25, -0.2) is 4.98 Å². The number of likely N-dealkylation sites (tertiary alicyclic amines) is 1. The Labute approximate surface area is 144 Å². The van der Waals surface area contributed by atoms with Crippen LogP contribution in [-0.2, 0) is 0 Å². The number of rotatable bonds is 8. The Balaban J connectivity index is 2.20. The highest BCUT2D eigenvalue weighted by molar-refractivity contribution is 5.66. The highest BCUT2D eigenvalue weighted by atomic mass is 15.3. The van der Waals surface area contributed by atoms with Crippen LogP contribution in [0.4, 0.5) is 17.5 Å². The number of aromatic nitrogens is 2. The third-order valence-electron chi connectivity index (χ3n) is 4.34. The molecule has 0 saturated carbocycles. The predicted molar refractivity (Wildman–Crippen MR) is 101 cm³/mol. The molecule has 7 nitrogen and oxygen atoms in total. The molecule has 24 heavy (non-hydrogen) atoms. The molecule has 2 heterocycles. The molecule has 0 aliphatic carbocycles. The molecule has 1 aromatic heterocycles. The lowest BCUT2D eigenvalue weighted by Gasteiger charge is -2.40. The van der Waals surface area contributed by atoms with Gasteiger partial charge in [0.25, 0.3) is 0 Å². The van der Waals surface area contributed by atoms with Crippen LogP contribution < -0.4 is 21.3 Å². The van der Waals surface area contributed by atoms with E-state index in [0.29, 0.717) is 12.7 Å². The zero-order valence-electron chi connectivity index (χ0n) is 14.8. The maximum absolute atomic E-state index is 5.83. The van der Waals surface area contributed by atoms with Gasteiger partial charge in [-0.05, 0) is 19.8 Å². The molecule has 1 aliphatic rings. The summed E-state index contributed by atoms with van der Waals surface area (Å²) in [5, 5.41) is 6.55. The largest absolute Gasteiger partial charge is 0.384 e. The highest BCUT2D eigenvalue weighted by Crippen LogP contribution is 2.28. The molecule has 0 aromatic carbocycles. The van der Waals surface area contributed by atoms with Gasteiger partial charge in [0, 0.05) is 38.4 Å². The van der Waals surface area contributed by atoms with E-state index in [2.05, 4.69) is 50.5 Å². The van der Waals surface area contributed by atoms with Crippen molar-refractivity contribution < 1.29 is 0 Å². The van der Waals surface area contributed by atoms with Crippen molar-refractivity contribution in [2.45, 2.75) is 25.8 Å². The lowest BCUT2D eigenvalue weighted by Crippen LogP contribution is -2.48. The third kappa shape index (κ3) is 4.38. The maximum Gasteiger partial charge on any atom is 0.222 e. The standard InChI is InChI=1S/C17H29N7/c1-5-8-20-12-24(14-6-9-23(10-7-14)13(2)3)16-15(19-4)11-21-17(18)22-16/h5,11,14,19-20H,1-2,6-10,12H2,3-4H3,(H2,18,21,22). The second-order valence-corrected chi connectivity index (χ2v) is 6.04. The second kappa shape index (κ2) is 8.54. The maximum atomic E-state index is 5.83. The second-order valence-electron chi connectivity index (χ2n) is 6.04. The van der Waals surface area contributed by atoms with Crippen LogP contribution in [-0.4, -0.2) is 54.3 Å². The summed E-state index contributed by atoms with van der Waals surface area (Å²) in [6, 6.07) is 0.388. The van der Waals surface area contributed by atoms with E-state index in [9.17, 15) is 0 Å². The quantitative estimate of drug-likeness (QED) is 0.379. The first-order valence-electron chi connectivity index (χ1n) is 8.35. The summed E-state index contributed by atoms with van der Waals surface area (Å²) >= 11 is 0. The van der Waals surface area contributed by atoms with Crippen LogP contribution in [0, 0.1) is 0 Å². The molecular weight excluding hydrogens is 302 g/mol. The first-order valence-corrected chi connectivity index (χ1v) is 8.35. The van der Waals surface area contributed by atoms with Crippen molar-refractivity contribution in [2.75, 3.05) is 49.3 Å². The number of nitrogens with one attached hydrogen (secondary N) is 2. The molecule has 1 aromatic rings. The summed E-state index contributed by atoms with van der Waals surface area (Å²) in [5.41, 5.74) is 7.85. The molecule has 1 aliphatic heterocycles. The molecular formula is C17H29N7. The van der Waals surface area contributed by atoms with Gasteiger partial charge in [-0.1, -0.05) is 12.7 Å². The van der Waals surface area contributed by atoms with Crippen molar-refractivity contribution in [1.29, 1.82) is 0 Å². The van der Waals surface area contributed by atoms with E-state index in [4.69, 9.17) is 5.73 Å². The van der Waals surface area contributed by atoms with E-state index in [1.54, 1.807) is 6.20 Å². The summed E-state index contributed by atoms with van der Waals surface area (Å²) in [6.45, 7) is 13.3. The minimum atomic E-state index is 0.289. The molecule has 0 radical (unpaired) electrons. The Morgan fingerprint density at radius 2 is 2.21 bits per heavy atom. The van der Waals surface area contributed by atoms with E-state index in [-0.39, 0.29) is 5.95 Å². The van der Waals surface area contributed by atoms with E-state index in [0.717, 1.165) is 49.7 Å². The van der Waals surface area contributed by atoms with Gasteiger partial charge in [0.05, 0.1) is 18.6 Å². The molecule has 0 unspecified atom stereocenters. The fourth-order valence-corrected chi connectivity index (χ4v) is 3.00. The first-order chi connectivity index (χ1) is 11.6. The zero-order valence-corrected chi connectivity index (χ0v) is 14.8. The summed E-state index contributed by atoms with van der Waals surface area (Å²) in [4.78, 5) is 13.2. The van der Waals surface area contributed by atoms with E-state index in [1.165, 1.54) is 0 Å². The Hall–Kier alpha value is -2.28. The van der Waals surface area contributed by atoms with E-state index >= 15 is 0 Å². The minimum Gasteiger partial charge on any atom is -0.384 e. The number of nitrogens with two attached hydrogens (primary N) is 1. The fraction of sp³-hybridized carbons (Fsp3) is 0.529. The number of anilines is 3. The number of piperidine rings is 1. The summed E-state index contributed by atoms with van der Waals surface area (Å²) in [5.74, 6) is 1.13. The van der Waals surface area contributed by atoms with Crippen LogP contribution in [0.1, 0.15) is 19.8 Å². The summed E-state index contributed by atoms with van der Waals surface area (Å²) in [6.07, 6.45) is 5.70. The van der Waals surface area contributed by atoms with Crippen molar-refractivity contribution in [3.8, 4) is 0 Å². The third-order valence-corrected chi connectivity index (χ3v) is 4.34. The number of allylic oxidation sites excluding steroid dienone is 1. The molecule has 1 fully saturated rings. The van der Waals surface area contributed by atoms with Crippen molar-refractivity contribution in [3.63, 3.8) is 0 Å². The molecule has 0 bridgehead atoms. The Bertz CT molecular complexity index is 564. The molecule has 2 rings (SSSR count). The summed E-state index contributed by atoms with van der Waals surface area (Å²) < 4.78 is 0. The average Bonchev–Trinajstić information content (AvgIpc) is 2.59. The number of hydrogen-bond acceptors (Lipinski definition) is 7. The Morgan fingerprint density at radius 1 is 1.50 bits per heavy atom. The molecule has 4 N–H and O–H groups in total. The normalized spacial score (nSPS) is 15.2. The predicted octanol–water partition coefficient (Wildman–Crippen LogP) is 1.64. The monoisotopic (exact) mass is 331 g/mol. The molecule has 1 saturated heterocycles. The minimum absolute atomic E-state index is 0.289. The van der Waals surface area contributed by atoms with Crippen LogP contribution >= 0.6 is 0 Å².